The van der Waals surface area contributed by atoms with Gasteiger partial charge in [0.05, 0.1) is 47.4 Å². The molecule has 2 aliphatic heterocycles. The molecule has 3 atom stereocenters. The number of hydrogen-bond acceptors (Lipinski definition) is 8. The first kappa shape index (κ1) is 26.9. The van der Waals surface area contributed by atoms with Crippen LogP contribution in [0.2, 0.25) is 5.02 Å². The van der Waals surface area contributed by atoms with Crippen LogP contribution in [0, 0.1) is 5.92 Å². The van der Waals surface area contributed by atoms with E-state index in [4.69, 9.17) is 21.0 Å². The number of benzene rings is 1. The van der Waals surface area contributed by atoms with Crippen LogP contribution in [0.15, 0.2) is 76.3 Å². The maximum absolute atomic E-state index is 13.7. The lowest BCUT2D eigenvalue weighted by atomic mass is 9.96. The topological polar surface area (TPSA) is 118 Å². The summed E-state index contributed by atoms with van der Waals surface area (Å²) in [5.41, 5.74) is 8.28. The van der Waals surface area contributed by atoms with Crippen molar-refractivity contribution < 1.29 is 9.21 Å². The van der Waals surface area contributed by atoms with Gasteiger partial charge in [-0.15, -0.1) is 0 Å². The van der Waals surface area contributed by atoms with E-state index in [2.05, 4.69) is 20.7 Å². The summed E-state index contributed by atoms with van der Waals surface area (Å²) in [6, 6.07) is 10.3. The molecule has 1 aromatic carbocycles. The van der Waals surface area contributed by atoms with Crippen LogP contribution in [-0.4, -0.2) is 43.5 Å². The number of fused-ring (bicyclic) bond motifs is 3. The van der Waals surface area contributed by atoms with Crippen molar-refractivity contribution >= 4 is 23.2 Å². The highest BCUT2D eigenvalue weighted by molar-refractivity contribution is 6.31. The minimum absolute atomic E-state index is 0.0144. The monoisotopic (exact) mass is 571 g/mol. The lowest BCUT2D eigenvalue weighted by Gasteiger charge is -2.23. The van der Waals surface area contributed by atoms with Crippen LogP contribution in [-0.2, 0) is 4.79 Å². The molecule has 2 bridgehead atoms. The molecule has 0 aliphatic carbocycles. The van der Waals surface area contributed by atoms with Crippen molar-refractivity contribution in [1.82, 2.24) is 35.3 Å². The molecule has 2 N–H and O–H groups in total. The van der Waals surface area contributed by atoms with Gasteiger partial charge < -0.3 is 14.7 Å². The van der Waals surface area contributed by atoms with Gasteiger partial charge in [-0.25, -0.2) is 15.4 Å². The van der Waals surface area contributed by atoms with Gasteiger partial charge in [0, 0.05) is 46.9 Å². The Morgan fingerprint density at radius 3 is 2.63 bits per heavy atom. The number of hydrogen-bond donors (Lipinski definition) is 2. The third-order valence-electron chi connectivity index (χ3n) is 7.72. The number of carbonyl (C=O) groups is 1. The molecule has 2 aliphatic rings. The van der Waals surface area contributed by atoms with Crippen molar-refractivity contribution in [2.75, 3.05) is 7.05 Å². The van der Waals surface area contributed by atoms with E-state index in [-0.39, 0.29) is 29.5 Å². The average Bonchev–Trinajstić information content (AvgIpc) is 3.58. The van der Waals surface area contributed by atoms with Crippen LogP contribution >= 0.6 is 11.6 Å². The molecule has 210 valence electrons. The van der Waals surface area contributed by atoms with Crippen LogP contribution in [0.5, 0.6) is 0 Å². The predicted molar refractivity (Wildman–Crippen MR) is 155 cm³/mol. The third-order valence-corrected chi connectivity index (χ3v) is 7.95. The number of oxazole rings is 1. The molecule has 5 heterocycles. The summed E-state index contributed by atoms with van der Waals surface area (Å²) in [4.78, 5) is 40.4. The number of nitrogens with zero attached hydrogens (tertiary/aromatic N) is 5. The van der Waals surface area contributed by atoms with Gasteiger partial charge >= 0.3 is 0 Å². The summed E-state index contributed by atoms with van der Waals surface area (Å²) in [7, 11) is 1.92. The Bertz CT molecular complexity index is 1700. The Hall–Kier alpha value is -4.28. The number of hydrazine groups is 1. The van der Waals surface area contributed by atoms with E-state index in [1.807, 2.05) is 38.0 Å². The maximum atomic E-state index is 13.7. The Morgan fingerprint density at radius 1 is 1.00 bits per heavy atom. The summed E-state index contributed by atoms with van der Waals surface area (Å²) >= 11 is 6.32. The van der Waals surface area contributed by atoms with E-state index in [1.54, 1.807) is 41.5 Å². The number of carbonyl (C=O) groups excluding carboxylic acids is 1. The highest BCUT2D eigenvalue weighted by Gasteiger charge is 2.31. The zero-order valence-corrected chi connectivity index (χ0v) is 23.7. The zero-order valence-electron chi connectivity index (χ0n) is 23.0. The maximum Gasteiger partial charge on any atom is 0.254 e. The number of aromatic nitrogens is 4. The molecule has 6 rings (SSSR count). The van der Waals surface area contributed by atoms with Gasteiger partial charge in [-0.3, -0.25) is 19.1 Å². The van der Waals surface area contributed by atoms with Crippen molar-refractivity contribution in [3.63, 3.8) is 0 Å². The van der Waals surface area contributed by atoms with E-state index < -0.39 is 0 Å². The molecule has 10 nitrogen and oxygen atoms in total. The van der Waals surface area contributed by atoms with Crippen molar-refractivity contribution in [2.24, 2.45) is 5.92 Å². The van der Waals surface area contributed by atoms with Crippen molar-refractivity contribution in [3.05, 3.63) is 93.7 Å². The number of nitrogens with one attached hydrogen (secondary N) is 2. The molecule has 4 aromatic rings. The Kier molecular flexibility index (Phi) is 7.19. The summed E-state index contributed by atoms with van der Waals surface area (Å²) in [6.45, 7) is 3.95. The highest BCUT2D eigenvalue weighted by Crippen LogP contribution is 2.34. The number of rotatable bonds is 3. The molecule has 0 saturated heterocycles. The van der Waals surface area contributed by atoms with Crippen LogP contribution in [0.3, 0.4) is 0 Å². The largest absolute Gasteiger partial charge is 0.445 e. The van der Waals surface area contributed by atoms with Gasteiger partial charge in [0.1, 0.15) is 6.26 Å². The van der Waals surface area contributed by atoms with E-state index in [0.29, 0.717) is 40.6 Å². The van der Waals surface area contributed by atoms with Gasteiger partial charge in [0.2, 0.25) is 11.8 Å². The molecule has 0 fully saturated rings. The number of pyridine rings is 1. The molecule has 0 saturated carbocycles. The van der Waals surface area contributed by atoms with Crippen molar-refractivity contribution in [3.8, 4) is 22.7 Å². The highest BCUT2D eigenvalue weighted by atomic mass is 35.5. The molecule has 1 unspecified atom stereocenters. The van der Waals surface area contributed by atoms with Crippen molar-refractivity contribution in [1.29, 1.82) is 0 Å². The summed E-state index contributed by atoms with van der Waals surface area (Å²) < 4.78 is 7.13. The molecular formula is C30H30ClN7O3. The second-order valence-corrected chi connectivity index (χ2v) is 11.0. The van der Waals surface area contributed by atoms with Gasteiger partial charge in [0.25, 0.3) is 5.56 Å². The van der Waals surface area contributed by atoms with E-state index >= 15 is 0 Å². The normalized spacial score (nSPS) is 21.2. The summed E-state index contributed by atoms with van der Waals surface area (Å²) in [6.07, 6.45) is 8.38. The lowest BCUT2D eigenvalue weighted by molar-refractivity contribution is -0.124. The molecular weight excluding hydrogens is 542 g/mol. The fourth-order valence-corrected chi connectivity index (χ4v) is 5.77. The van der Waals surface area contributed by atoms with Gasteiger partial charge in [-0.2, -0.15) is 0 Å². The molecule has 11 heteroatoms. The minimum Gasteiger partial charge on any atom is -0.445 e. The summed E-state index contributed by atoms with van der Waals surface area (Å²) in [5, 5.41) is 5.59. The Labute approximate surface area is 242 Å². The smallest absolute Gasteiger partial charge is 0.254 e. The van der Waals surface area contributed by atoms with Crippen LogP contribution in [0.1, 0.15) is 50.4 Å². The first-order chi connectivity index (χ1) is 19.8. The molecule has 3 aromatic heterocycles. The molecule has 0 radical (unpaired) electrons. The minimum atomic E-state index is -0.370. The van der Waals surface area contributed by atoms with Crippen molar-refractivity contribution in [2.45, 2.75) is 45.2 Å². The third kappa shape index (κ3) is 5.16. The van der Waals surface area contributed by atoms with E-state index in [9.17, 15) is 9.59 Å². The van der Waals surface area contributed by atoms with Crippen LogP contribution in [0.4, 0.5) is 0 Å². The Balaban J connectivity index is 1.44. The molecule has 41 heavy (non-hydrogen) atoms. The van der Waals surface area contributed by atoms with Crippen LogP contribution < -0.4 is 16.3 Å². The molecule has 0 spiro atoms. The fourth-order valence-electron chi connectivity index (χ4n) is 5.60. The Morgan fingerprint density at radius 2 is 1.85 bits per heavy atom. The quantitative estimate of drug-likeness (QED) is 0.365. The average molecular weight is 572 g/mol. The van der Waals surface area contributed by atoms with E-state index in [1.165, 1.54) is 12.3 Å². The molecule has 1 amide bonds. The zero-order chi connectivity index (χ0) is 28.7. The summed E-state index contributed by atoms with van der Waals surface area (Å²) in [5.74, 6) is 0.205. The van der Waals surface area contributed by atoms with Gasteiger partial charge in [0.15, 0.2) is 0 Å². The number of halogens is 1. The van der Waals surface area contributed by atoms with E-state index in [0.717, 1.165) is 29.1 Å². The van der Waals surface area contributed by atoms with Gasteiger partial charge in [-0.1, -0.05) is 24.9 Å². The second kappa shape index (κ2) is 10.9. The van der Waals surface area contributed by atoms with Gasteiger partial charge in [-0.05, 0) is 50.1 Å². The fraction of sp³-hybridized carbons (Fsp3) is 0.300. The lowest BCUT2D eigenvalue weighted by Crippen LogP contribution is -2.36. The predicted octanol–water partition coefficient (Wildman–Crippen LogP) is 4.65. The van der Waals surface area contributed by atoms with Crippen LogP contribution in [0.25, 0.3) is 28.4 Å². The second-order valence-electron chi connectivity index (χ2n) is 10.5. The standard InChI is InChI=1S/C30H30ClN7O3/c1-17-5-4-6-25(24-13-19(9-10-32-24)28-27(35-29(17)40)18(2)36-37(28)3)38-16-34-23(15-26(38)39)22-14-20(31)7-8-21(22)30-33-11-12-41-30/h7-18,25,36H,4-6H2,1-3H3,(H,35,40)/t17-,18?,25+/m1/s1. The SMILES string of the molecule is CC1NN(C)C2=C1NC(=O)[C@H](C)CCC[C@H](n1cnc(-c3cc(Cl)ccc3-c3ncco3)cc1=O)c1cc2ccn1. The first-order valence-electron chi connectivity index (χ1n) is 13.6. The first-order valence-corrected chi connectivity index (χ1v) is 14.0. The number of amides is 1.